The first-order valence-electron chi connectivity index (χ1n) is 9.12. The van der Waals surface area contributed by atoms with Crippen LogP contribution in [0.25, 0.3) is 11.1 Å². The molecule has 0 aliphatic heterocycles. The van der Waals surface area contributed by atoms with Crippen molar-refractivity contribution in [2.75, 3.05) is 0 Å². The van der Waals surface area contributed by atoms with E-state index in [0.717, 1.165) is 18.4 Å². The van der Waals surface area contributed by atoms with Crippen LogP contribution in [-0.2, 0) is 0 Å². The molecule has 0 aromatic heterocycles. The highest BCUT2D eigenvalue weighted by atomic mass is 14.1. The third-order valence-electron chi connectivity index (χ3n) is 4.66. The highest BCUT2D eigenvalue weighted by Crippen LogP contribution is 2.29. The molecule has 24 heavy (non-hydrogen) atoms. The Morgan fingerprint density at radius 1 is 1.04 bits per heavy atom. The van der Waals surface area contributed by atoms with Gasteiger partial charge in [-0.05, 0) is 53.5 Å². The van der Waals surface area contributed by atoms with Crippen LogP contribution in [0.5, 0.6) is 0 Å². The number of hydrogen-bond donors (Lipinski definition) is 0. The summed E-state index contributed by atoms with van der Waals surface area (Å²) in [6, 6.07) is 17.5. The summed E-state index contributed by atoms with van der Waals surface area (Å²) < 4.78 is 0. The molecular weight excluding hydrogens is 288 g/mol. The Kier molecular flexibility index (Phi) is 6.61. The third kappa shape index (κ3) is 4.71. The lowest BCUT2D eigenvalue weighted by atomic mass is 9.90. The van der Waals surface area contributed by atoms with E-state index in [1.54, 1.807) is 0 Å². The molecule has 1 atom stereocenters. The first-order valence-corrected chi connectivity index (χ1v) is 9.12. The Hall–Kier alpha value is -2.08. The van der Waals surface area contributed by atoms with Gasteiger partial charge in [0.25, 0.3) is 0 Å². The summed E-state index contributed by atoms with van der Waals surface area (Å²) in [6.45, 7) is 13.3. The zero-order chi connectivity index (χ0) is 17.5. The molecule has 0 bridgehead atoms. The van der Waals surface area contributed by atoms with Crippen LogP contribution in [0.15, 0.2) is 61.2 Å². The summed E-state index contributed by atoms with van der Waals surface area (Å²) in [5, 5.41) is 0. The van der Waals surface area contributed by atoms with E-state index in [1.165, 1.54) is 34.2 Å². The fourth-order valence-electron chi connectivity index (χ4n) is 3.03. The van der Waals surface area contributed by atoms with Crippen LogP contribution in [0.1, 0.15) is 68.2 Å². The smallest absolute Gasteiger partial charge is 0.0190 e. The van der Waals surface area contributed by atoms with Crippen molar-refractivity contribution >= 4 is 11.1 Å². The highest BCUT2D eigenvalue weighted by molar-refractivity contribution is 5.83. The van der Waals surface area contributed by atoms with Crippen LogP contribution in [0.2, 0.25) is 0 Å². The van der Waals surface area contributed by atoms with Crippen LogP contribution in [-0.4, -0.2) is 0 Å². The normalized spacial score (nSPS) is 12.9. The molecule has 2 aromatic carbocycles. The van der Waals surface area contributed by atoms with Gasteiger partial charge in [0.05, 0.1) is 0 Å². The average Bonchev–Trinajstić information content (AvgIpc) is 2.60. The first kappa shape index (κ1) is 18.3. The maximum atomic E-state index is 4.29. The zero-order valence-corrected chi connectivity index (χ0v) is 15.6. The van der Waals surface area contributed by atoms with E-state index >= 15 is 0 Å². The van der Waals surface area contributed by atoms with E-state index < -0.39 is 0 Å². The van der Waals surface area contributed by atoms with Gasteiger partial charge < -0.3 is 0 Å². The number of rotatable bonds is 7. The van der Waals surface area contributed by atoms with Crippen molar-refractivity contribution in [3.8, 4) is 0 Å². The monoisotopic (exact) mass is 318 g/mol. The summed E-state index contributed by atoms with van der Waals surface area (Å²) in [6.07, 6.45) is 5.66. The summed E-state index contributed by atoms with van der Waals surface area (Å²) >= 11 is 0. The molecule has 0 spiro atoms. The highest BCUT2D eigenvalue weighted by Gasteiger charge is 2.09. The second-order valence-electron chi connectivity index (χ2n) is 6.75. The molecule has 0 heterocycles. The van der Waals surface area contributed by atoms with Crippen molar-refractivity contribution in [3.05, 3.63) is 83.4 Å². The largest absolute Gasteiger partial charge is 0.0911 e. The lowest BCUT2D eigenvalue weighted by Gasteiger charge is -2.15. The van der Waals surface area contributed by atoms with Gasteiger partial charge in [0.15, 0.2) is 0 Å². The van der Waals surface area contributed by atoms with Crippen molar-refractivity contribution in [2.24, 2.45) is 0 Å². The lowest BCUT2D eigenvalue weighted by Crippen LogP contribution is -1.96. The standard InChI is InChI=1S/C24H30/c1-6-11-22(16-20(5)21-12-9-8-10-13-21)24-15-18(3)14-23(17-24)19(4)7-2/h8-10,12-17,19H,5-7,11H2,1-4H3/b22-16+. The molecule has 0 heteroatoms. The maximum absolute atomic E-state index is 4.29. The molecular formula is C24H30. The molecule has 0 saturated heterocycles. The molecule has 1 unspecified atom stereocenters. The van der Waals surface area contributed by atoms with Gasteiger partial charge in [0.1, 0.15) is 0 Å². The van der Waals surface area contributed by atoms with E-state index in [4.69, 9.17) is 0 Å². The minimum atomic E-state index is 0.601. The van der Waals surface area contributed by atoms with E-state index in [1.807, 2.05) is 6.07 Å². The summed E-state index contributed by atoms with van der Waals surface area (Å²) in [5.74, 6) is 0.601. The summed E-state index contributed by atoms with van der Waals surface area (Å²) in [7, 11) is 0. The Morgan fingerprint density at radius 2 is 1.75 bits per heavy atom. The molecule has 0 fully saturated rings. The molecule has 2 aromatic rings. The van der Waals surface area contributed by atoms with Crippen molar-refractivity contribution in [2.45, 2.75) is 52.9 Å². The van der Waals surface area contributed by atoms with Gasteiger partial charge in [0.2, 0.25) is 0 Å². The van der Waals surface area contributed by atoms with E-state index in [-0.39, 0.29) is 0 Å². The number of hydrogen-bond acceptors (Lipinski definition) is 0. The molecule has 0 nitrogen and oxygen atoms in total. The Balaban J connectivity index is 2.42. The van der Waals surface area contributed by atoms with Gasteiger partial charge in [-0.25, -0.2) is 0 Å². The topological polar surface area (TPSA) is 0 Å². The van der Waals surface area contributed by atoms with Gasteiger partial charge in [0, 0.05) is 0 Å². The van der Waals surface area contributed by atoms with E-state index in [0.29, 0.717) is 5.92 Å². The van der Waals surface area contributed by atoms with Crippen LogP contribution in [0.4, 0.5) is 0 Å². The Labute approximate surface area is 147 Å². The number of aryl methyl sites for hydroxylation is 1. The van der Waals surface area contributed by atoms with Crippen molar-refractivity contribution < 1.29 is 0 Å². The fraction of sp³-hybridized carbons (Fsp3) is 0.333. The first-order chi connectivity index (χ1) is 11.5. The molecule has 0 amide bonds. The van der Waals surface area contributed by atoms with Gasteiger partial charge in [-0.1, -0.05) is 93.9 Å². The second-order valence-corrected chi connectivity index (χ2v) is 6.75. The van der Waals surface area contributed by atoms with Crippen LogP contribution in [0.3, 0.4) is 0 Å². The Bertz CT molecular complexity index is 704. The minimum Gasteiger partial charge on any atom is -0.0911 e. The summed E-state index contributed by atoms with van der Waals surface area (Å²) in [5.41, 5.74) is 7.81. The van der Waals surface area contributed by atoms with Crippen molar-refractivity contribution in [1.82, 2.24) is 0 Å². The van der Waals surface area contributed by atoms with Crippen molar-refractivity contribution in [1.29, 1.82) is 0 Å². The third-order valence-corrected chi connectivity index (χ3v) is 4.66. The zero-order valence-electron chi connectivity index (χ0n) is 15.6. The number of benzene rings is 2. The molecule has 0 aliphatic carbocycles. The van der Waals surface area contributed by atoms with Crippen LogP contribution < -0.4 is 0 Å². The molecule has 0 aliphatic rings. The van der Waals surface area contributed by atoms with Gasteiger partial charge in [-0.3, -0.25) is 0 Å². The van der Waals surface area contributed by atoms with Crippen molar-refractivity contribution in [3.63, 3.8) is 0 Å². The van der Waals surface area contributed by atoms with E-state index in [2.05, 4.69) is 82.8 Å². The lowest BCUT2D eigenvalue weighted by molar-refractivity contribution is 0.732. The molecule has 0 radical (unpaired) electrons. The van der Waals surface area contributed by atoms with Gasteiger partial charge in [-0.2, -0.15) is 0 Å². The molecule has 0 saturated carbocycles. The average molecular weight is 319 g/mol. The van der Waals surface area contributed by atoms with Crippen LogP contribution >= 0.6 is 0 Å². The quantitative estimate of drug-likeness (QED) is 0.466. The predicted octanol–water partition coefficient (Wildman–Crippen LogP) is 7.41. The van der Waals surface area contributed by atoms with E-state index in [9.17, 15) is 0 Å². The minimum absolute atomic E-state index is 0.601. The predicted molar refractivity (Wildman–Crippen MR) is 108 cm³/mol. The number of allylic oxidation sites excluding steroid dienone is 3. The van der Waals surface area contributed by atoms with Gasteiger partial charge in [-0.15, -0.1) is 0 Å². The molecule has 0 N–H and O–H groups in total. The fourth-order valence-corrected chi connectivity index (χ4v) is 3.03. The molecule has 2 rings (SSSR count). The van der Waals surface area contributed by atoms with Crippen LogP contribution in [0, 0.1) is 6.92 Å². The second kappa shape index (κ2) is 8.68. The molecule has 126 valence electrons. The summed E-state index contributed by atoms with van der Waals surface area (Å²) in [4.78, 5) is 0. The van der Waals surface area contributed by atoms with Gasteiger partial charge >= 0.3 is 0 Å². The maximum Gasteiger partial charge on any atom is -0.0190 e. The SMILES string of the molecule is C=C(/C=C(\CCC)c1cc(C)cc(C(C)CC)c1)c1ccccc1. The Morgan fingerprint density at radius 3 is 2.38 bits per heavy atom.